The van der Waals surface area contributed by atoms with Crippen LogP contribution in [0.15, 0.2) is 18.2 Å². The Balaban J connectivity index is 2.10. The van der Waals surface area contributed by atoms with Crippen molar-refractivity contribution >= 4 is 5.78 Å². The SMILES string of the molecule is C[NH+](C)CCC(=O)c1ccc2c(c1)OCCCO2. The first-order chi connectivity index (χ1) is 8.66. The third-order valence-corrected chi connectivity index (χ3v) is 2.92. The number of carbonyl (C=O) groups is 1. The quantitative estimate of drug-likeness (QED) is 0.794. The number of benzene rings is 1. The Morgan fingerprint density at radius 1 is 1.22 bits per heavy atom. The summed E-state index contributed by atoms with van der Waals surface area (Å²) in [4.78, 5) is 13.3. The second-order valence-corrected chi connectivity index (χ2v) is 4.84. The first kappa shape index (κ1) is 12.9. The lowest BCUT2D eigenvalue weighted by atomic mass is 10.1. The molecule has 0 spiro atoms. The summed E-state index contributed by atoms with van der Waals surface area (Å²) in [7, 11) is 4.09. The molecule has 0 bridgehead atoms. The molecule has 1 aromatic rings. The summed E-state index contributed by atoms with van der Waals surface area (Å²) >= 11 is 0. The zero-order valence-electron chi connectivity index (χ0n) is 11.0. The smallest absolute Gasteiger partial charge is 0.168 e. The molecule has 18 heavy (non-hydrogen) atoms. The molecule has 0 radical (unpaired) electrons. The maximum atomic E-state index is 12.0. The maximum absolute atomic E-state index is 12.0. The van der Waals surface area contributed by atoms with E-state index in [9.17, 15) is 4.79 Å². The summed E-state index contributed by atoms with van der Waals surface area (Å²) in [5.41, 5.74) is 0.709. The van der Waals surface area contributed by atoms with Gasteiger partial charge in [0, 0.05) is 12.0 Å². The lowest BCUT2D eigenvalue weighted by Crippen LogP contribution is -3.05. The molecule has 0 saturated carbocycles. The molecule has 1 N–H and O–H groups in total. The lowest BCUT2D eigenvalue weighted by molar-refractivity contribution is -0.857. The average Bonchev–Trinajstić information content (AvgIpc) is 2.60. The van der Waals surface area contributed by atoms with Gasteiger partial charge in [-0.15, -0.1) is 0 Å². The highest BCUT2D eigenvalue weighted by molar-refractivity contribution is 5.96. The second kappa shape index (κ2) is 5.87. The summed E-state index contributed by atoms with van der Waals surface area (Å²) in [5, 5.41) is 0. The van der Waals surface area contributed by atoms with Crippen LogP contribution in [0.2, 0.25) is 0 Å². The first-order valence-corrected chi connectivity index (χ1v) is 6.38. The van der Waals surface area contributed by atoms with Crippen LogP contribution >= 0.6 is 0 Å². The van der Waals surface area contributed by atoms with Gasteiger partial charge >= 0.3 is 0 Å². The van der Waals surface area contributed by atoms with E-state index in [1.807, 2.05) is 26.2 Å². The topological polar surface area (TPSA) is 40.0 Å². The van der Waals surface area contributed by atoms with Crippen molar-refractivity contribution in [2.75, 3.05) is 33.9 Å². The van der Waals surface area contributed by atoms with Crippen molar-refractivity contribution in [3.63, 3.8) is 0 Å². The van der Waals surface area contributed by atoms with Crippen molar-refractivity contribution in [1.29, 1.82) is 0 Å². The van der Waals surface area contributed by atoms with Crippen molar-refractivity contribution in [1.82, 2.24) is 0 Å². The van der Waals surface area contributed by atoms with E-state index < -0.39 is 0 Å². The van der Waals surface area contributed by atoms with Gasteiger partial charge in [-0.1, -0.05) is 0 Å². The fourth-order valence-corrected chi connectivity index (χ4v) is 1.84. The fourth-order valence-electron chi connectivity index (χ4n) is 1.84. The van der Waals surface area contributed by atoms with Gasteiger partial charge in [-0.3, -0.25) is 4.79 Å². The van der Waals surface area contributed by atoms with Crippen LogP contribution in [0.25, 0.3) is 0 Å². The Morgan fingerprint density at radius 3 is 2.67 bits per heavy atom. The third kappa shape index (κ3) is 3.23. The van der Waals surface area contributed by atoms with Gasteiger partial charge in [0.2, 0.25) is 0 Å². The number of ether oxygens (including phenoxy) is 2. The van der Waals surface area contributed by atoms with E-state index in [1.165, 1.54) is 4.90 Å². The van der Waals surface area contributed by atoms with Crippen LogP contribution in [-0.2, 0) is 0 Å². The van der Waals surface area contributed by atoms with E-state index in [4.69, 9.17) is 9.47 Å². The molecule has 0 aromatic heterocycles. The normalized spacial score (nSPS) is 14.4. The number of nitrogens with one attached hydrogen (secondary N) is 1. The van der Waals surface area contributed by atoms with Crippen LogP contribution < -0.4 is 14.4 Å². The molecule has 1 aliphatic rings. The van der Waals surface area contributed by atoms with E-state index in [0.29, 0.717) is 30.9 Å². The van der Waals surface area contributed by atoms with E-state index in [2.05, 4.69) is 0 Å². The van der Waals surface area contributed by atoms with Crippen molar-refractivity contribution in [2.24, 2.45) is 0 Å². The average molecular weight is 250 g/mol. The van der Waals surface area contributed by atoms with Gasteiger partial charge in [-0.2, -0.15) is 0 Å². The van der Waals surface area contributed by atoms with Gasteiger partial charge in [0.15, 0.2) is 17.3 Å². The molecule has 0 amide bonds. The minimum absolute atomic E-state index is 0.159. The third-order valence-electron chi connectivity index (χ3n) is 2.92. The lowest BCUT2D eigenvalue weighted by Gasteiger charge is -2.09. The number of Topliss-reactive ketones (excluding diaryl/α,β-unsaturated/α-hetero) is 1. The van der Waals surface area contributed by atoms with Gasteiger partial charge < -0.3 is 14.4 Å². The zero-order chi connectivity index (χ0) is 13.0. The van der Waals surface area contributed by atoms with Crippen LogP contribution in [0.4, 0.5) is 0 Å². The molecular weight excluding hydrogens is 230 g/mol. The minimum Gasteiger partial charge on any atom is -0.490 e. The Labute approximate surface area is 107 Å². The molecule has 98 valence electrons. The summed E-state index contributed by atoms with van der Waals surface area (Å²) in [6.07, 6.45) is 1.43. The first-order valence-electron chi connectivity index (χ1n) is 6.38. The van der Waals surface area contributed by atoms with Crippen molar-refractivity contribution in [3.05, 3.63) is 23.8 Å². The number of carbonyl (C=O) groups excluding carboxylic acids is 1. The number of hydrogen-bond acceptors (Lipinski definition) is 3. The highest BCUT2D eigenvalue weighted by atomic mass is 16.5. The van der Waals surface area contributed by atoms with Gasteiger partial charge in [0.1, 0.15) is 0 Å². The Morgan fingerprint density at radius 2 is 1.94 bits per heavy atom. The number of rotatable bonds is 4. The van der Waals surface area contributed by atoms with Gasteiger partial charge in [0.25, 0.3) is 0 Å². The van der Waals surface area contributed by atoms with E-state index in [0.717, 1.165) is 18.7 Å². The van der Waals surface area contributed by atoms with Crippen LogP contribution in [0.5, 0.6) is 11.5 Å². The minimum atomic E-state index is 0.159. The summed E-state index contributed by atoms with van der Waals surface area (Å²) in [5.74, 6) is 1.59. The molecule has 0 saturated heterocycles. The predicted octanol–water partition coefficient (Wildman–Crippen LogP) is 0.565. The molecule has 0 aliphatic carbocycles. The highest BCUT2D eigenvalue weighted by Gasteiger charge is 2.14. The molecular formula is C14H20NO3+. The summed E-state index contributed by atoms with van der Waals surface area (Å²) in [6, 6.07) is 5.45. The number of fused-ring (bicyclic) bond motifs is 1. The Kier molecular flexibility index (Phi) is 4.20. The largest absolute Gasteiger partial charge is 0.490 e. The Bertz CT molecular complexity index is 429. The molecule has 1 aromatic carbocycles. The maximum Gasteiger partial charge on any atom is 0.168 e. The van der Waals surface area contributed by atoms with Gasteiger partial charge in [-0.05, 0) is 18.2 Å². The molecule has 4 nitrogen and oxygen atoms in total. The molecule has 0 unspecified atom stereocenters. The molecule has 2 rings (SSSR count). The molecule has 4 heteroatoms. The fraction of sp³-hybridized carbons (Fsp3) is 0.500. The monoisotopic (exact) mass is 250 g/mol. The van der Waals surface area contributed by atoms with Crippen molar-refractivity contribution in [2.45, 2.75) is 12.8 Å². The number of hydrogen-bond donors (Lipinski definition) is 1. The van der Waals surface area contributed by atoms with Gasteiger partial charge in [0.05, 0.1) is 40.3 Å². The molecule has 1 heterocycles. The summed E-state index contributed by atoms with van der Waals surface area (Å²) in [6.45, 7) is 2.16. The van der Waals surface area contributed by atoms with Gasteiger partial charge in [-0.25, -0.2) is 0 Å². The molecule has 1 aliphatic heterocycles. The molecule has 0 fully saturated rings. The number of quaternary nitrogens is 1. The van der Waals surface area contributed by atoms with Crippen LogP contribution in [0.1, 0.15) is 23.2 Å². The zero-order valence-corrected chi connectivity index (χ0v) is 11.0. The van der Waals surface area contributed by atoms with Crippen molar-refractivity contribution < 1.29 is 19.2 Å². The van der Waals surface area contributed by atoms with Crippen molar-refractivity contribution in [3.8, 4) is 11.5 Å². The Hall–Kier alpha value is -1.55. The highest BCUT2D eigenvalue weighted by Crippen LogP contribution is 2.30. The van der Waals surface area contributed by atoms with Crippen LogP contribution in [-0.4, -0.2) is 39.6 Å². The van der Waals surface area contributed by atoms with E-state index in [1.54, 1.807) is 6.07 Å². The van der Waals surface area contributed by atoms with Crippen LogP contribution in [0.3, 0.4) is 0 Å². The van der Waals surface area contributed by atoms with Crippen LogP contribution in [0, 0.1) is 0 Å². The predicted molar refractivity (Wildman–Crippen MR) is 68.7 cm³/mol. The second-order valence-electron chi connectivity index (χ2n) is 4.84. The number of ketones is 1. The molecule has 0 atom stereocenters. The van der Waals surface area contributed by atoms with E-state index in [-0.39, 0.29) is 5.78 Å². The standard InChI is InChI=1S/C14H19NO3/c1-15(2)7-6-12(16)11-4-5-13-14(10-11)18-9-3-8-17-13/h4-5,10H,3,6-9H2,1-2H3/p+1. The summed E-state index contributed by atoms with van der Waals surface area (Å²) < 4.78 is 11.1. The van der Waals surface area contributed by atoms with E-state index >= 15 is 0 Å².